The maximum absolute atomic E-state index is 13.3. The van der Waals surface area contributed by atoms with Gasteiger partial charge in [-0.15, -0.1) is 0 Å². The number of rotatable bonds is 5. The number of ether oxygens (including phenoxy) is 2. The molecule has 0 aliphatic heterocycles. The molecule has 1 aromatic carbocycles. The first-order valence-electron chi connectivity index (χ1n) is 5.10. The summed E-state index contributed by atoms with van der Waals surface area (Å²) in [5.74, 6) is -2.56. The lowest BCUT2D eigenvalue weighted by Crippen LogP contribution is -2.09. The van der Waals surface area contributed by atoms with Crippen molar-refractivity contribution in [2.75, 3.05) is 14.2 Å². The molecular formula is C12H13F2NO3. The minimum Gasteiger partial charge on any atom is -0.493 e. The molecule has 6 heteroatoms. The van der Waals surface area contributed by atoms with Crippen LogP contribution in [0.15, 0.2) is 17.1 Å². The monoisotopic (exact) mass is 257 g/mol. The van der Waals surface area contributed by atoms with E-state index < -0.39 is 5.92 Å². The quantitative estimate of drug-likeness (QED) is 0.601. The van der Waals surface area contributed by atoms with E-state index in [1.165, 1.54) is 32.4 Å². The number of isocyanates is 1. The van der Waals surface area contributed by atoms with Crippen molar-refractivity contribution in [3.8, 4) is 11.5 Å². The largest absolute Gasteiger partial charge is 0.493 e. The van der Waals surface area contributed by atoms with Crippen LogP contribution in [0, 0.1) is 0 Å². The predicted molar refractivity (Wildman–Crippen MR) is 60.9 cm³/mol. The maximum atomic E-state index is 13.3. The lowest BCUT2D eigenvalue weighted by molar-refractivity contribution is 0.0171. The molecule has 0 saturated heterocycles. The molecule has 1 aromatic rings. The van der Waals surface area contributed by atoms with Crippen LogP contribution < -0.4 is 9.47 Å². The third-order valence-electron chi connectivity index (χ3n) is 2.38. The van der Waals surface area contributed by atoms with Crippen LogP contribution in [0.4, 0.5) is 8.78 Å². The molecule has 0 spiro atoms. The molecule has 18 heavy (non-hydrogen) atoms. The summed E-state index contributed by atoms with van der Waals surface area (Å²) in [4.78, 5) is 13.5. The second-order valence-corrected chi connectivity index (χ2v) is 3.67. The van der Waals surface area contributed by atoms with Crippen molar-refractivity contribution in [1.29, 1.82) is 0 Å². The third-order valence-corrected chi connectivity index (χ3v) is 2.38. The van der Waals surface area contributed by atoms with Crippen molar-refractivity contribution in [2.45, 2.75) is 19.4 Å². The van der Waals surface area contributed by atoms with Crippen molar-refractivity contribution >= 4 is 6.08 Å². The molecule has 0 radical (unpaired) electrons. The zero-order valence-corrected chi connectivity index (χ0v) is 10.3. The highest BCUT2D eigenvalue weighted by Gasteiger charge is 2.27. The van der Waals surface area contributed by atoms with Gasteiger partial charge in [-0.1, -0.05) is 0 Å². The Labute approximate surface area is 103 Å². The Hall–Kier alpha value is -1.94. The van der Waals surface area contributed by atoms with Crippen molar-refractivity contribution < 1.29 is 23.0 Å². The Morgan fingerprint density at radius 1 is 1.33 bits per heavy atom. The topological polar surface area (TPSA) is 47.9 Å². The van der Waals surface area contributed by atoms with Gasteiger partial charge in [0, 0.05) is 18.1 Å². The number of halogens is 2. The minimum absolute atomic E-state index is 0.0903. The number of nitrogens with zero attached hydrogens (tertiary/aromatic N) is 1. The molecular weight excluding hydrogens is 244 g/mol. The zero-order chi connectivity index (χ0) is 13.8. The summed E-state index contributed by atoms with van der Waals surface area (Å²) >= 11 is 0. The molecule has 0 N–H and O–H groups in total. The number of alkyl halides is 2. The molecule has 0 aromatic heterocycles. The average Bonchev–Trinajstić information content (AvgIpc) is 2.33. The standard InChI is InChI=1S/C12H13F2NO3/c1-12(13,14)9-4-8(6-15-7-16)11(18-3)10(5-9)17-2/h4-5H,6H2,1-3H3. The van der Waals surface area contributed by atoms with Crippen molar-refractivity contribution in [1.82, 2.24) is 0 Å². The van der Waals surface area contributed by atoms with Crippen molar-refractivity contribution in [3.63, 3.8) is 0 Å². The fraction of sp³-hybridized carbons (Fsp3) is 0.417. The van der Waals surface area contributed by atoms with Crippen LogP contribution in [0.3, 0.4) is 0 Å². The summed E-state index contributed by atoms with van der Waals surface area (Å²) in [6.45, 7) is 0.688. The molecule has 1 rings (SSSR count). The van der Waals surface area contributed by atoms with E-state index in [9.17, 15) is 13.6 Å². The molecule has 0 bridgehead atoms. The maximum Gasteiger partial charge on any atom is 0.270 e. The number of hydrogen-bond donors (Lipinski definition) is 0. The van der Waals surface area contributed by atoms with E-state index in [0.717, 1.165) is 6.92 Å². The molecule has 0 amide bonds. The molecule has 4 nitrogen and oxygen atoms in total. The average molecular weight is 257 g/mol. The van der Waals surface area contributed by atoms with Crippen LogP contribution in [0.2, 0.25) is 0 Å². The Morgan fingerprint density at radius 2 is 2.00 bits per heavy atom. The highest BCUT2D eigenvalue weighted by molar-refractivity contribution is 5.51. The molecule has 0 aliphatic rings. The number of methoxy groups -OCH3 is 2. The van der Waals surface area contributed by atoms with Gasteiger partial charge in [-0.3, -0.25) is 0 Å². The highest BCUT2D eigenvalue weighted by atomic mass is 19.3. The van der Waals surface area contributed by atoms with Gasteiger partial charge < -0.3 is 9.47 Å². The van der Waals surface area contributed by atoms with Gasteiger partial charge in [0.15, 0.2) is 11.5 Å². The van der Waals surface area contributed by atoms with E-state index >= 15 is 0 Å². The summed E-state index contributed by atoms with van der Waals surface area (Å²) < 4.78 is 36.7. The van der Waals surface area contributed by atoms with Crippen molar-refractivity contribution in [2.24, 2.45) is 4.99 Å². The third kappa shape index (κ3) is 3.05. The van der Waals surface area contributed by atoms with Crippen LogP contribution in [0.25, 0.3) is 0 Å². The Morgan fingerprint density at radius 3 is 2.44 bits per heavy atom. The van der Waals surface area contributed by atoms with Crippen LogP contribution in [-0.4, -0.2) is 20.3 Å². The summed E-state index contributed by atoms with van der Waals surface area (Å²) in [5.41, 5.74) is 0.118. The van der Waals surface area contributed by atoms with Gasteiger partial charge in [0.05, 0.1) is 20.8 Å². The second-order valence-electron chi connectivity index (χ2n) is 3.67. The lowest BCUT2D eigenvalue weighted by Gasteiger charge is -2.17. The molecule has 98 valence electrons. The first-order chi connectivity index (χ1) is 8.43. The van der Waals surface area contributed by atoms with E-state index in [1.807, 2.05) is 0 Å². The Balaban J connectivity index is 3.39. The SMILES string of the molecule is COc1cc(C(C)(F)F)cc(CN=C=O)c1OC. The molecule has 0 unspecified atom stereocenters. The summed E-state index contributed by atoms with van der Waals surface area (Å²) in [6, 6.07) is 2.44. The van der Waals surface area contributed by atoms with E-state index in [4.69, 9.17) is 9.47 Å². The number of carbonyl (C=O) groups excluding carboxylic acids is 1. The van der Waals surface area contributed by atoms with Crippen LogP contribution in [0.5, 0.6) is 11.5 Å². The summed E-state index contributed by atoms with van der Waals surface area (Å²) in [5, 5.41) is 0. The lowest BCUT2D eigenvalue weighted by atomic mass is 10.0. The number of hydrogen-bond acceptors (Lipinski definition) is 4. The van der Waals surface area contributed by atoms with E-state index in [2.05, 4.69) is 4.99 Å². The van der Waals surface area contributed by atoms with Gasteiger partial charge in [0.25, 0.3) is 5.92 Å². The predicted octanol–water partition coefficient (Wildman–Crippen LogP) is 2.65. The Kier molecular flexibility index (Phi) is 4.39. The van der Waals surface area contributed by atoms with E-state index in [0.29, 0.717) is 5.56 Å². The number of aliphatic imine (C=N–C) groups is 1. The first kappa shape index (κ1) is 14.1. The highest BCUT2D eigenvalue weighted by Crippen LogP contribution is 2.38. The minimum atomic E-state index is -3.01. The van der Waals surface area contributed by atoms with Gasteiger partial charge in [0.2, 0.25) is 6.08 Å². The summed E-state index contributed by atoms with van der Waals surface area (Å²) in [7, 11) is 2.73. The van der Waals surface area contributed by atoms with Crippen molar-refractivity contribution in [3.05, 3.63) is 23.3 Å². The molecule has 0 fully saturated rings. The zero-order valence-electron chi connectivity index (χ0n) is 10.3. The van der Waals surface area contributed by atoms with Crippen LogP contribution in [0.1, 0.15) is 18.1 Å². The smallest absolute Gasteiger partial charge is 0.270 e. The molecule has 0 aliphatic carbocycles. The van der Waals surface area contributed by atoms with Gasteiger partial charge in [-0.05, 0) is 12.1 Å². The molecule has 0 saturated carbocycles. The van der Waals surface area contributed by atoms with Gasteiger partial charge in [0.1, 0.15) is 0 Å². The normalized spacial score (nSPS) is 10.7. The van der Waals surface area contributed by atoms with E-state index in [-0.39, 0.29) is 23.6 Å². The fourth-order valence-electron chi connectivity index (χ4n) is 1.53. The Bertz CT molecular complexity index is 477. The number of benzene rings is 1. The fourth-order valence-corrected chi connectivity index (χ4v) is 1.53. The van der Waals surface area contributed by atoms with Gasteiger partial charge >= 0.3 is 0 Å². The first-order valence-corrected chi connectivity index (χ1v) is 5.10. The van der Waals surface area contributed by atoms with E-state index in [1.54, 1.807) is 0 Å². The summed E-state index contributed by atoms with van der Waals surface area (Å²) in [6.07, 6.45) is 1.35. The second kappa shape index (κ2) is 5.60. The van der Waals surface area contributed by atoms with Gasteiger partial charge in [-0.2, -0.15) is 0 Å². The van der Waals surface area contributed by atoms with Gasteiger partial charge in [-0.25, -0.2) is 18.6 Å². The molecule has 0 heterocycles. The van der Waals surface area contributed by atoms with Crippen LogP contribution >= 0.6 is 0 Å². The van der Waals surface area contributed by atoms with Crippen LogP contribution in [-0.2, 0) is 17.3 Å². The molecule has 0 atom stereocenters.